The standard InChI is InChI=1S/C26H32N4O5/c1-17(2)16-35-22-11-9-19(15-23(22)34-4)25-28-26(32)20(29-30-25)10-12-24(31)27-14-13-18-7-5-6-8-21(18)33-3/h5-9,11,15,17H,10,12-14,16H2,1-4H3,(H,27,31)(H,28,30,32). The summed E-state index contributed by atoms with van der Waals surface area (Å²) in [6.07, 6.45) is 0.975. The van der Waals surface area contributed by atoms with Crippen LogP contribution in [0.1, 0.15) is 31.5 Å². The van der Waals surface area contributed by atoms with E-state index in [1.807, 2.05) is 24.3 Å². The van der Waals surface area contributed by atoms with Crippen LogP contribution in [0.5, 0.6) is 17.2 Å². The zero-order valence-corrected chi connectivity index (χ0v) is 20.6. The van der Waals surface area contributed by atoms with Gasteiger partial charge in [-0.05, 0) is 42.2 Å². The fourth-order valence-electron chi connectivity index (χ4n) is 3.41. The SMILES string of the molecule is COc1ccccc1CCNC(=O)CCc1nnc(-c2ccc(OCC(C)C)c(OC)c2)[nH]c1=O. The molecule has 2 N–H and O–H groups in total. The second-order valence-electron chi connectivity index (χ2n) is 8.43. The highest BCUT2D eigenvalue weighted by atomic mass is 16.5. The molecule has 3 rings (SSSR count). The smallest absolute Gasteiger partial charge is 0.273 e. The molecule has 0 aliphatic rings. The molecule has 0 atom stereocenters. The number of carbonyl (C=O) groups excluding carboxylic acids is 1. The normalized spacial score (nSPS) is 10.8. The number of rotatable bonds is 12. The predicted molar refractivity (Wildman–Crippen MR) is 133 cm³/mol. The maximum Gasteiger partial charge on any atom is 0.273 e. The number of methoxy groups -OCH3 is 2. The molecule has 0 aliphatic carbocycles. The van der Waals surface area contributed by atoms with Crippen LogP contribution >= 0.6 is 0 Å². The minimum atomic E-state index is -0.379. The molecule has 0 aliphatic heterocycles. The highest BCUT2D eigenvalue weighted by Gasteiger charge is 2.13. The first-order valence-corrected chi connectivity index (χ1v) is 11.6. The third-order valence-corrected chi connectivity index (χ3v) is 5.27. The van der Waals surface area contributed by atoms with Gasteiger partial charge in [0, 0.05) is 24.9 Å². The highest BCUT2D eigenvalue weighted by Crippen LogP contribution is 2.31. The summed E-state index contributed by atoms with van der Waals surface area (Å²) in [5.74, 6) is 2.48. The first-order chi connectivity index (χ1) is 16.9. The number of hydrogen-bond donors (Lipinski definition) is 2. The number of para-hydroxylation sites is 1. The molecule has 9 nitrogen and oxygen atoms in total. The minimum Gasteiger partial charge on any atom is -0.496 e. The Labute approximate surface area is 204 Å². The summed E-state index contributed by atoms with van der Waals surface area (Å²) in [4.78, 5) is 27.5. The second-order valence-corrected chi connectivity index (χ2v) is 8.43. The summed E-state index contributed by atoms with van der Waals surface area (Å²) in [6.45, 7) is 5.16. The molecule has 1 aromatic heterocycles. The maximum atomic E-state index is 12.5. The van der Waals surface area contributed by atoms with E-state index < -0.39 is 0 Å². The molecule has 3 aromatic rings. The van der Waals surface area contributed by atoms with Crippen molar-refractivity contribution < 1.29 is 19.0 Å². The average molecular weight is 481 g/mol. The molecule has 186 valence electrons. The van der Waals surface area contributed by atoms with E-state index >= 15 is 0 Å². The summed E-state index contributed by atoms with van der Waals surface area (Å²) in [6, 6.07) is 13.0. The van der Waals surface area contributed by atoms with E-state index in [0.717, 1.165) is 11.3 Å². The molecule has 0 spiro atoms. The van der Waals surface area contributed by atoms with E-state index in [2.05, 4.69) is 34.3 Å². The van der Waals surface area contributed by atoms with Crippen molar-refractivity contribution in [2.45, 2.75) is 33.1 Å². The lowest BCUT2D eigenvalue weighted by Crippen LogP contribution is -2.27. The molecular formula is C26H32N4O5. The van der Waals surface area contributed by atoms with E-state index in [0.29, 0.717) is 48.4 Å². The van der Waals surface area contributed by atoms with Crippen LogP contribution in [0.3, 0.4) is 0 Å². The Balaban J connectivity index is 1.56. The lowest BCUT2D eigenvalue weighted by Gasteiger charge is -2.13. The first kappa shape index (κ1) is 25.7. The lowest BCUT2D eigenvalue weighted by atomic mass is 10.1. The van der Waals surface area contributed by atoms with Gasteiger partial charge in [-0.25, -0.2) is 0 Å². The molecular weight excluding hydrogens is 448 g/mol. The third kappa shape index (κ3) is 7.30. The van der Waals surface area contributed by atoms with Crippen molar-refractivity contribution in [3.63, 3.8) is 0 Å². The van der Waals surface area contributed by atoms with Crippen molar-refractivity contribution in [3.8, 4) is 28.6 Å². The van der Waals surface area contributed by atoms with Crippen LogP contribution in [0.2, 0.25) is 0 Å². The largest absolute Gasteiger partial charge is 0.496 e. The quantitative estimate of drug-likeness (QED) is 0.409. The summed E-state index contributed by atoms with van der Waals surface area (Å²) >= 11 is 0. The molecule has 0 fully saturated rings. The van der Waals surface area contributed by atoms with Crippen LogP contribution in [-0.4, -0.2) is 48.5 Å². The Morgan fingerprint density at radius 3 is 2.49 bits per heavy atom. The zero-order valence-electron chi connectivity index (χ0n) is 20.6. The van der Waals surface area contributed by atoms with Gasteiger partial charge < -0.3 is 24.5 Å². The van der Waals surface area contributed by atoms with Gasteiger partial charge >= 0.3 is 0 Å². The predicted octanol–water partition coefficient (Wildman–Crippen LogP) is 3.18. The number of nitrogens with one attached hydrogen (secondary N) is 2. The van der Waals surface area contributed by atoms with Crippen LogP contribution in [0.25, 0.3) is 11.4 Å². The fraction of sp³-hybridized carbons (Fsp3) is 0.385. The van der Waals surface area contributed by atoms with Crippen LogP contribution < -0.4 is 25.1 Å². The van der Waals surface area contributed by atoms with Crippen molar-refractivity contribution in [2.24, 2.45) is 5.92 Å². The molecule has 1 amide bonds. The third-order valence-electron chi connectivity index (χ3n) is 5.27. The summed E-state index contributed by atoms with van der Waals surface area (Å²) < 4.78 is 16.5. The van der Waals surface area contributed by atoms with Crippen molar-refractivity contribution in [2.75, 3.05) is 27.4 Å². The molecule has 0 radical (unpaired) electrons. The van der Waals surface area contributed by atoms with Gasteiger partial charge in [0.1, 0.15) is 11.4 Å². The van der Waals surface area contributed by atoms with Crippen molar-refractivity contribution in [1.29, 1.82) is 0 Å². The van der Waals surface area contributed by atoms with Crippen molar-refractivity contribution >= 4 is 5.91 Å². The minimum absolute atomic E-state index is 0.138. The summed E-state index contributed by atoms with van der Waals surface area (Å²) in [5, 5.41) is 11.1. The molecule has 35 heavy (non-hydrogen) atoms. The van der Waals surface area contributed by atoms with Gasteiger partial charge in [0.15, 0.2) is 17.3 Å². The van der Waals surface area contributed by atoms with Crippen LogP contribution in [0.15, 0.2) is 47.3 Å². The lowest BCUT2D eigenvalue weighted by molar-refractivity contribution is -0.121. The number of benzene rings is 2. The Morgan fingerprint density at radius 1 is 1.00 bits per heavy atom. The molecule has 1 heterocycles. The number of hydrogen-bond acceptors (Lipinski definition) is 7. The maximum absolute atomic E-state index is 12.5. The number of aryl methyl sites for hydroxylation is 1. The van der Waals surface area contributed by atoms with Crippen LogP contribution in [-0.2, 0) is 17.6 Å². The van der Waals surface area contributed by atoms with Crippen molar-refractivity contribution in [1.82, 2.24) is 20.5 Å². The van der Waals surface area contributed by atoms with E-state index in [1.165, 1.54) is 0 Å². The number of carbonyl (C=O) groups is 1. The van der Waals surface area contributed by atoms with E-state index in [1.54, 1.807) is 32.4 Å². The second kappa shape index (κ2) is 12.5. The summed E-state index contributed by atoms with van der Waals surface area (Å²) in [5.41, 5.74) is 1.49. The monoisotopic (exact) mass is 480 g/mol. The van der Waals surface area contributed by atoms with E-state index in [9.17, 15) is 9.59 Å². The molecule has 0 saturated heterocycles. The van der Waals surface area contributed by atoms with Gasteiger partial charge in [-0.15, -0.1) is 10.2 Å². The van der Waals surface area contributed by atoms with Crippen LogP contribution in [0, 0.1) is 5.92 Å². The Kier molecular flexibility index (Phi) is 9.23. The van der Waals surface area contributed by atoms with E-state index in [-0.39, 0.29) is 30.0 Å². The first-order valence-electron chi connectivity index (χ1n) is 11.6. The van der Waals surface area contributed by atoms with Crippen LogP contribution in [0.4, 0.5) is 0 Å². The van der Waals surface area contributed by atoms with Gasteiger partial charge in [0.05, 0.1) is 20.8 Å². The van der Waals surface area contributed by atoms with Gasteiger partial charge in [-0.2, -0.15) is 0 Å². The molecule has 9 heteroatoms. The number of aromatic amines is 1. The number of nitrogens with zero attached hydrogens (tertiary/aromatic N) is 2. The average Bonchev–Trinajstić information content (AvgIpc) is 2.86. The number of ether oxygens (including phenoxy) is 3. The molecule has 0 saturated carbocycles. The topological polar surface area (TPSA) is 115 Å². The van der Waals surface area contributed by atoms with Crippen molar-refractivity contribution in [3.05, 3.63) is 64.1 Å². The van der Waals surface area contributed by atoms with Gasteiger partial charge in [-0.1, -0.05) is 32.0 Å². The number of H-pyrrole nitrogens is 1. The highest BCUT2D eigenvalue weighted by molar-refractivity contribution is 5.76. The Morgan fingerprint density at radius 2 is 1.77 bits per heavy atom. The number of aromatic nitrogens is 3. The Bertz CT molecular complexity index is 1190. The van der Waals surface area contributed by atoms with E-state index in [4.69, 9.17) is 14.2 Å². The Hall–Kier alpha value is -3.88. The van der Waals surface area contributed by atoms with Gasteiger partial charge in [-0.3, -0.25) is 9.59 Å². The molecule has 0 unspecified atom stereocenters. The number of amides is 1. The molecule has 2 aromatic carbocycles. The summed E-state index contributed by atoms with van der Waals surface area (Å²) in [7, 11) is 3.18. The molecule has 0 bridgehead atoms. The van der Waals surface area contributed by atoms with Gasteiger partial charge in [0.2, 0.25) is 5.91 Å². The fourth-order valence-corrected chi connectivity index (χ4v) is 3.41. The van der Waals surface area contributed by atoms with Gasteiger partial charge in [0.25, 0.3) is 5.56 Å². The zero-order chi connectivity index (χ0) is 25.2.